The predicted octanol–water partition coefficient (Wildman–Crippen LogP) is 6.88. The summed E-state index contributed by atoms with van der Waals surface area (Å²) in [6.45, 7) is -0.459. The molecule has 0 aliphatic heterocycles. The maximum atomic E-state index is 13.1. The van der Waals surface area contributed by atoms with Gasteiger partial charge in [-0.1, -0.05) is 24.3 Å². The highest BCUT2D eigenvalue weighted by Crippen LogP contribution is 2.37. The van der Waals surface area contributed by atoms with Gasteiger partial charge in [0.15, 0.2) is 29.6 Å². The summed E-state index contributed by atoms with van der Waals surface area (Å²) >= 11 is 1.34. The maximum absolute atomic E-state index is 13.1. The number of fused-ring (bicyclic) bond motifs is 1. The zero-order valence-electron chi connectivity index (χ0n) is 24.2. The molecule has 0 atom stereocenters. The Bertz CT molecular complexity index is 1950. The molecule has 0 bridgehead atoms. The number of hydrogen-bond acceptors (Lipinski definition) is 8. The summed E-state index contributed by atoms with van der Waals surface area (Å²) in [5.41, 5.74) is 1.03. The number of aromatic nitrogens is 2. The Morgan fingerprint density at radius 1 is 0.933 bits per heavy atom. The molecule has 3 aromatic carbocycles. The molecule has 2 aromatic heterocycles. The zero-order chi connectivity index (χ0) is 32.1. The summed E-state index contributed by atoms with van der Waals surface area (Å²) in [5, 5.41) is 4.72. The first-order valence-corrected chi connectivity index (χ1v) is 14.2. The number of carbonyl (C=O) groups excluding carboxylic acids is 1. The summed E-state index contributed by atoms with van der Waals surface area (Å²) < 4.78 is 60.5. The first kappa shape index (κ1) is 31.1. The number of nitrogens with one attached hydrogen (secondary N) is 2. The first-order chi connectivity index (χ1) is 21.6. The lowest BCUT2D eigenvalue weighted by Crippen LogP contribution is -2.20. The van der Waals surface area contributed by atoms with Crippen LogP contribution in [0.25, 0.3) is 33.5 Å². The number of anilines is 1. The van der Waals surface area contributed by atoms with Gasteiger partial charge in [-0.05, 0) is 59.7 Å². The van der Waals surface area contributed by atoms with Crippen molar-refractivity contribution in [2.75, 3.05) is 33.3 Å². The van der Waals surface area contributed by atoms with Gasteiger partial charge in [0.25, 0.3) is 11.5 Å². The Balaban J connectivity index is 1.28. The van der Waals surface area contributed by atoms with Crippen molar-refractivity contribution in [2.24, 2.45) is 0 Å². The van der Waals surface area contributed by atoms with E-state index >= 15 is 0 Å². The maximum Gasteiger partial charge on any atom is 0.416 e. The average Bonchev–Trinajstić information content (AvgIpc) is 3.47. The van der Waals surface area contributed by atoms with Gasteiger partial charge in [0.2, 0.25) is 0 Å². The molecule has 0 saturated carbocycles. The zero-order valence-corrected chi connectivity index (χ0v) is 25.0. The van der Waals surface area contributed by atoms with E-state index in [1.807, 2.05) is 11.4 Å². The number of aromatic amines is 1. The lowest BCUT2D eigenvalue weighted by molar-refractivity contribution is -0.137. The predicted molar refractivity (Wildman–Crippen MR) is 166 cm³/mol. The number of H-pyrrole nitrogens is 1. The second-order valence-corrected chi connectivity index (χ2v) is 10.4. The number of rotatable bonds is 10. The SMILES string of the molecule is COc1ccc(-c2csc3nc(/C=C/c4ccc(OCC(=O)Nc5cccc(C(F)(F)F)c5)c(OC)c4)[nH]c(=O)c23)cc1OC. The van der Waals surface area contributed by atoms with E-state index in [4.69, 9.17) is 18.9 Å². The molecule has 45 heavy (non-hydrogen) atoms. The number of nitrogens with zero attached hydrogens (tertiary/aromatic N) is 1. The van der Waals surface area contributed by atoms with Crippen LogP contribution < -0.4 is 29.8 Å². The van der Waals surface area contributed by atoms with Crippen molar-refractivity contribution in [3.05, 3.63) is 93.3 Å². The number of carbonyl (C=O) groups is 1. The minimum absolute atomic E-state index is 0.00421. The van der Waals surface area contributed by atoms with E-state index in [9.17, 15) is 22.8 Å². The van der Waals surface area contributed by atoms with E-state index in [1.54, 1.807) is 56.7 Å². The Labute approximate surface area is 258 Å². The van der Waals surface area contributed by atoms with Crippen molar-refractivity contribution >= 4 is 45.3 Å². The van der Waals surface area contributed by atoms with Gasteiger partial charge < -0.3 is 29.2 Å². The number of benzene rings is 3. The molecule has 0 spiro atoms. The lowest BCUT2D eigenvalue weighted by Gasteiger charge is -2.12. The molecule has 0 fully saturated rings. The Morgan fingerprint density at radius 2 is 1.67 bits per heavy atom. The first-order valence-electron chi connectivity index (χ1n) is 13.3. The topological polar surface area (TPSA) is 112 Å². The molecular weight excluding hydrogens is 611 g/mol. The lowest BCUT2D eigenvalue weighted by atomic mass is 10.1. The molecule has 0 saturated heterocycles. The highest BCUT2D eigenvalue weighted by atomic mass is 32.1. The number of ether oxygens (including phenoxy) is 4. The van der Waals surface area contributed by atoms with E-state index in [1.165, 1.54) is 30.6 Å². The van der Waals surface area contributed by atoms with Crippen LogP contribution in [0.4, 0.5) is 18.9 Å². The van der Waals surface area contributed by atoms with Crippen LogP contribution in [0.5, 0.6) is 23.0 Å². The molecule has 9 nitrogen and oxygen atoms in total. The molecule has 0 radical (unpaired) electrons. The van der Waals surface area contributed by atoms with Crippen molar-refractivity contribution < 1.29 is 36.9 Å². The molecule has 13 heteroatoms. The van der Waals surface area contributed by atoms with Gasteiger partial charge in [-0.15, -0.1) is 11.3 Å². The summed E-state index contributed by atoms with van der Waals surface area (Å²) in [4.78, 5) is 33.4. The van der Waals surface area contributed by atoms with Gasteiger partial charge in [-0.2, -0.15) is 13.2 Å². The second-order valence-electron chi connectivity index (χ2n) is 9.51. The molecule has 2 N–H and O–H groups in total. The molecule has 0 aliphatic rings. The van der Waals surface area contributed by atoms with Gasteiger partial charge in [-0.3, -0.25) is 9.59 Å². The van der Waals surface area contributed by atoms with Crippen LogP contribution in [0.1, 0.15) is 17.0 Å². The van der Waals surface area contributed by atoms with Crippen LogP contribution in [-0.2, 0) is 11.0 Å². The number of amides is 1. The van der Waals surface area contributed by atoms with Crippen molar-refractivity contribution in [3.8, 4) is 34.1 Å². The minimum atomic E-state index is -4.53. The minimum Gasteiger partial charge on any atom is -0.493 e. The van der Waals surface area contributed by atoms with Crippen LogP contribution >= 0.6 is 11.3 Å². The molecule has 232 valence electrons. The average molecular weight is 638 g/mol. The van der Waals surface area contributed by atoms with E-state index in [0.717, 1.165) is 23.3 Å². The van der Waals surface area contributed by atoms with Gasteiger partial charge in [0.1, 0.15) is 10.7 Å². The van der Waals surface area contributed by atoms with Crippen LogP contribution in [0.2, 0.25) is 0 Å². The fourth-order valence-electron chi connectivity index (χ4n) is 4.46. The van der Waals surface area contributed by atoms with Crippen LogP contribution in [-0.4, -0.2) is 43.8 Å². The third-order valence-electron chi connectivity index (χ3n) is 6.61. The number of methoxy groups -OCH3 is 3. The highest BCUT2D eigenvalue weighted by Gasteiger charge is 2.30. The fourth-order valence-corrected chi connectivity index (χ4v) is 5.41. The molecule has 5 rings (SSSR count). The van der Waals surface area contributed by atoms with Crippen molar-refractivity contribution in [2.45, 2.75) is 6.18 Å². The van der Waals surface area contributed by atoms with Gasteiger partial charge in [-0.25, -0.2) is 4.98 Å². The van der Waals surface area contributed by atoms with Crippen molar-refractivity contribution in [3.63, 3.8) is 0 Å². The van der Waals surface area contributed by atoms with Crippen molar-refractivity contribution in [1.29, 1.82) is 0 Å². The van der Waals surface area contributed by atoms with E-state index in [2.05, 4.69) is 15.3 Å². The van der Waals surface area contributed by atoms with Crippen LogP contribution in [0.3, 0.4) is 0 Å². The molecular formula is C32H26F3N3O6S. The Hall–Kier alpha value is -5.30. The quantitative estimate of drug-likeness (QED) is 0.172. The molecule has 0 unspecified atom stereocenters. The highest BCUT2D eigenvalue weighted by molar-refractivity contribution is 7.17. The largest absolute Gasteiger partial charge is 0.493 e. The smallest absolute Gasteiger partial charge is 0.416 e. The summed E-state index contributed by atoms with van der Waals surface area (Å²) in [7, 11) is 4.53. The number of hydrogen-bond donors (Lipinski definition) is 2. The Kier molecular flexibility index (Phi) is 9.09. The number of alkyl halides is 3. The second kappa shape index (κ2) is 13.1. The molecule has 0 aliphatic carbocycles. The fraction of sp³-hybridized carbons (Fsp3) is 0.156. The number of halogens is 3. The number of thiophene rings is 1. The summed E-state index contributed by atoms with van der Waals surface area (Å²) in [5.74, 6) is 1.40. The summed E-state index contributed by atoms with van der Waals surface area (Å²) in [6, 6.07) is 14.7. The van der Waals surface area contributed by atoms with E-state index < -0.39 is 24.3 Å². The third kappa shape index (κ3) is 7.10. The summed E-state index contributed by atoms with van der Waals surface area (Å²) in [6.07, 6.45) is -1.16. The van der Waals surface area contributed by atoms with Crippen LogP contribution in [0.15, 0.2) is 70.8 Å². The van der Waals surface area contributed by atoms with Crippen LogP contribution in [0, 0.1) is 0 Å². The third-order valence-corrected chi connectivity index (χ3v) is 7.48. The van der Waals surface area contributed by atoms with Gasteiger partial charge in [0.05, 0.1) is 32.3 Å². The standard InChI is InChI=1S/C32H26F3N3O6S/c1-41-23-11-9-19(14-26(23)43-3)22-17-45-31-29(22)30(40)37-27(38-31)12-8-18-7-10-24(25(13-18)42-2)44-16-28(39)36-21-6-4-5-20(15-21)32(33,34)35/h4-15,17H,16H2,1-3H3,(H,36,39)(H,37,38,40)/b12-8+. The van der Waals surface area contributed by atoms with Crippen molar-refractivity contribution in [1.82, 2.24) is 9.97 Å². The Morgan fingerprint density at radius 3 is 2.40 bits per heavy atom. The van der Waals surface area contributed by atoms with Gasteiger partial charge in [0, 0.05) is 16.6 Å². The molecule has 5 aromatic rings. The molecule has 2 heterocycles. The van der Waals surface area contributed by atoms with Gasteiger partial charge >= 0.3 is 6.18 Å². The van der Waals surface area contributed by atoms with E-state index in [0.29, 0.717) is 38.9 Å². The normalized spacial score (nSPS) is 11.5. The monoisotopic (exact) mass is 637 g/mol. The van der Waals surface area contributed by atoms with E-state index in [-0.39, 0.29) is 17.0 Å². The molecule has 1 amide bonds.